The lowest BCUT2D eigenvalue weighted by molar-refractivity contribution is 0.0944. The molecule has 0 aliphatic rings. The normalized spacial score (nSPS) is 10.8. The molecule has 0 saturated heterocycles. The van der Waals surface area contributed by atoms with Gasteiger partial charge in [-0.1, -0.05) is 18.2 Å². The first-order valence-corrected chi connectivity index (χ1v) is 5.75. The van der Waals surface area contributed by atoms with E-state index in [1.165, 1.54) is 0 Å². The topological polar surface area (TPSA) is 42.0 Å². The zero-order valence-corrected chi connectivity index (χ0v) is 10.3. The summed E-state index contributed by atoms with van der Waals surface area (Å²) in [5.74, 6) is -0.0401. The Hall–Kier alpha value is -1.90. The molecule has 1 aromatic carbocycles. The van der Waals surface area contributed by atoms with Crippen molar-refractivity contribution in [3.8, 4) is 0 Å². The Bertz CT molecular complexity index is 561. The third-order valence-electron chi connectivity index (χ3n) is 2.51. The Morgan fingerprint density at radius 1 is 1.29 bits per heavy atom. The van der Waals surface area contributed by atoms with Crippen LogP contribution in [-0.2, 0) is 0 Å². The van der Waals surface area contributed by atoms with Gasteiger partial charge in [-0.2, -0.15) is 0 Å². The van der Waals surface area contributed by atoms with Crippen molar-refractivity contribution >= 4 is 16.8 Å². The summed E-state index contributed by atoms with van der Waals surface area (Å²) in [5, 5.41) is 3.81. The van der Waals surface area contributed by atoms with E-state index in [0.29, 0.717) is 5.56 Å². The van der Waals surface area contributed by atoms with Crippen LogP contribution in [0.25, 0.3) is 10.9 Å². The van der Waals surface area contributed by atoms with Gasteiger partial charge in [0.25, 0.3) is 5.91 Å². The van der Waals surface area contributed by atoms with Crippen LogP contribution in [0.4, 0.5) is 0 Å². The third-order valence-corrected chi connectivity index (χ3v) is 2.51. The number of carbonyl (C=O) groups is 1. The van der Waals surface area contributed by atoms with Gasteiger partial charge in [0.2, 0.25) is 0 Å². The number of nitrogens with zero attached hydrogens (tertiary/aromatic N) is 1. The van der Waals surface area contributed by atoms with E-state index >= 15 is 0 Å². The first-order chi connectivity index (χ1) is 8.08. The number of aryl methyl sites for hydroxylation is 1. The van der Waals surface area contributed by atoms with E-state index in [9.17, 15) is 4.79 Å². The van der Waals surface area contributed by atoms with Crippen molar-refractivity contribution < 1.29 is 4.79 Å². The Balaban J connectivity index is 2.56. The van der Waals surface area contributed by atoms with Gasteiger partial charge in [0, 0.05) is 17.1 Å². The number of benzene rings is 1. The molecule has 0 unspecified atom stereocenters. The van der Waals surface area contributed by atoms with Crippen LogP contribution in [0, 0.1) is 6.92 Å². The maximum atomic E-state index is 12.1. The molecule has 0 atom stereocenters. The fourth-order valence-electron chi connectivity index (χ4n) is 1.84. The highest BCUT2D eigenvalue weighted by molar-refractivity contribution is 6.06. The zero-order valence-electron chi connectivity index (χ0n) is 10.3. The monoisotopic (exact) mass is 228 g/mol. The number of pyridine rings is 1. The minimum Gasteiger partial charge on any atom is -0.350 e. The predicted molar refractivity (Wildman–Crippen MR) is 69.1 cm³/mol. The molecule has 1 heterocycles. The highest BCUT2D eigenvalue weighted by Crippen LogP contribution is 2.18. The number of fused-ring (bicyclic) bond motifs is 1. The van der Waals surface area contributed by atoms with Crippen LogP contribution >= 0.6 is 0 Å². The molecule has 0 aliphatic heterocycles. The quantitative estimate of drug-likeness (QED) is 0.858. The van der Waals surface area contributed by atoms with Gasteiger partial charge in [0.15, 0.2) is 0 Å². The standard InChI is InChI=1S/C14H16N2O/c1-9(2)15-14(17)12-8-10(3)16-13-7-5-4-6-11(12)13/h4-9H,1-3H3,(H,15,17). The molecule has 0 spiro atoms. The highest BCUT2D eigenvalue weighted by atomic mass is 16.1. The second kappa shape index (κ2) is 4.53. The number of carbonyl (C=O) groups excluding carboxylic acids is 1. The SMILES string of the molecule is Cc1cc(C(=O)NC(C)C)c2ccccc2n1. The van der Waals surface area contributed by atoms with Gasteiger partial charge < -0.3 is 5.32 Å². The molecule has 17 heavy (non-hydrogen) atoms. The molecule has 0 aliphatic carbocycles. The molecule has 3 nitrogen and oxygen atoms in total. The number of nitrogens with one attached hydrogen (secondary N) is 1. The molecule has 0 fully saturated rings. The Kier molecular flexibility index (Phi) is 3.09. The maximum absolute atomic E-state index is 12.1. The summed E-state index contributed by atoms with van der Waals surface area (Å²) in [6.07, 6.45) is 0. The first-order valence-electron chi connectivity index (χ1n) is 5.75. The summed E-state index contributed by atoms with van der Waals surface area (Å²) in [7, 11) is 0. The Labute approximate surface area is 101 Å². The fraction of sp³-hybridized carbons (Fsp3) is 0.286. The van der Waals surface area contributed by atoms with Crippen LogP contribution in [0.2, 0.25) is 0 Å². The summed E-state index contributed by atoms with van der Waals surface area (Å²) in [6.45, 7) is 5.81. The van der Waals surface area contributed by atoms with Crippen LogP contribution in [0.15, 0.2) is 30.3 Å². The zero-order chi connectivity index (χ0) is 12.4. The fourth-order valence-corrected chi connectivity index (χ4v) is 1.84. The molecule has 1 N–H and O–H groups in total. The maximum Gasteiger partial charge on any atom is 0.252 e. The van der Waals surface area contributed by atoms with Crippen molar-refractivity contribution in [1.82, 2.24) is 10.3 Å². The van der Waals surface area contributed by atoms with Crippen molar-refractivity contribution in [2.75, 3.05) is 0 Å². The molecule has 0 bridgehead atoms. The first kappa shape index (κ1) is 11.6. The molecule has 1 aromatic heterocycles. The van der Waals surface area contributed by atoms with E-state index in [1.807, 2.05) is 51.1 Å². The molecule has 2 rings (SSSR count). The lowest BCUT2D eigenvalue weighted by atomic mass is 10.1. The van der Waals surface area contributed by atoms with E-state index in [4.69, 9.17) is 0 Å². The number of rotatable bonds is 2. The number of aromatic nitrogens is 1. The predicted octanol–water partition coefficient (Wildman–Crippen LogP) is 2.68. The van der Waals surface area contributed by atoms with Crippen molar-refractivity contribution in [2.45, 2.75) is 26.8 Å². The largest absolute Gasteiger partial charge is 0.350 e. The van der Waals surface area contributed by atoms with Crippen molar-refractivity contribution in [2.24, 2.45) is 0 Å². The van der Waals surface area contributed by atoms with Gasteiger partial charge in [0.05, 0.1) is 11.1 Å². The second-order valence-electron chi connectivity index (χ2n) is 4.46. The molecule has 0 radical (unpaired) electrons. The number of hydrogen-bond donors (Lipinski definition) is 1. The third kappa shape index (κ3) is 2.44. The van der Waals surface area contributed by atoms with Gasteiger partial charge in [-0.3, -0.25) is 9.78 Å². The van der Waals surface area contributed by atoms with Crippen LogP contribution in [0.5, 0.6) is 0 Å². The molecule has 3 heteroatoms. The van der Waals surface area contributed by atoms with Gasteiger partial charge in [0.1, 0.15) is 0 Å². The van der Waals surface area contributed by atoms with Crippen LogP contribution in [0.1, 0.15) is 29.9 Å². The van der Waals surface area contributed by atoms with Gasteiger partial charge >= 0.3 is 0 Å². The lowest BCUT2D eigenvalue weighted by Gasteiger charge is -2.11. The molecule has 0 saturated carbocycles. The van der Waals surface area contributed by atoms with E-state index in [2.05, 4.69) is 10.3 Å². The summed E-state index contributed by atoms with van der Waals surface area (Å²) in [6, 6.07) is 9.67. The van der Waals surface area contributed by atoms with Crippen LogP contribution < -0.4 is 5.32 Å². The average Bonchev–Trinajstić information content (AvgIpc) is 2.26. The van der Waals surface area contributed by atoms with Gasteiger partial charge in [-0.25, -0.2) is 0 Å². The molecule has 2 aromatic rings. The lowest BCUT2D eigenvalue weighted by Crippen LogP contribution is -2.30. The van der Waals surface area contributed by atoms with Gasteiger partial charge in [-0.05, 0) is 32.9 Å². The van der Waals surface area contributed by atoms with Crippen molar-refractivity contribution in [3.63, 3.8) is 0 Å². The number of hydrogen-bond acceptors (Lipinski definition) is 2. The second-order valence-corrected chi connectivity index (χ2v) is 4.46. The van der Waals surface area contributed by atoms with Crippen molar-refractivity contribution in [3.05, 3.63) is 41.6 Å². The highest BCUT2D eigenvalue weighted by Gasteiger charge is 2.12. The summed E-state index contributed by atoms with van der Waals surface area (Å²) < 4.78 is 0. The van der Waals surface area contributed by atoms with Crippen LogP contribution in [-0.4, -0.2) is 16.9 Å². The number of amides is 1. The molecule has 1 amide bonds. The minimum atomic E-state index is -0.0401. The average molecular weight is 228 g/mol. The Morgan fingerprint density at radius 3 is 2.71 bits per heavy atom. The van der Waals surface area contributed by atoms with E-state index in [1.54, 1.807) is 0 Å². The molecular formula is C14H16N2O. The molecule has 88 valence electrons. The van der Waals surface area contributed by atoms with E-state index < -0.39 is 0 Å². The summed E-state index contributed by atoms with van der Waals surface area (Å²) in [4.78, 5) is 16.5. The van der Waals surface area contributed by atoms with Gasteiger partial charge in [-0.15, -0.1) is 0 Å². The Morgan fingerprint density at radius 2 is 2.00 bits per heavy atom. The van der Waals surface area contributed by atoms with E-state index in [0.717, 1.165) is 16.6 Å². The van der Waals surface area contributed by atoms with E-state index in [-0.39, 0.29) is 11.9 Å². The summed E-state index contributed by atoms with van der Waals surface area (Å²) in [5.41, 5.74) is 2.42. The minimum absolute atomic E-state index is 0.0401. The summed E-state index contributed by atoms with van der Waals surface area (Å²) >= 11 is 0. The van der Waals surface area contributed by atoms with Crippen LogP contribution in [0.3, 0.4) is 0 Å². The smallest absolute Gasteiger partial charge is 0.252 e. The molecular weight excluding hydrogens is 212 g/mol. The van der Waals surface area contributed by atoms with Crippen molar-refractivity contribution in [1.29, 1.82) is 0 Å². The number of para-hydroxylation sites is 1.